The van der Waals surface area contributed by atoms with Crippen LogP contribution in [0.5, 0.6) is 0 Å². The van der Waals surface area contributed by atoms with Gasteiger partial charge in [0.05, 0.1) is 25.4 Å². The number of nitrogens with zero attached hydrogens (tertiary/aromatic N) is 4. The van der Waals surface area contributed by atoms with Crippen LogP contribution in [0, 0.1) is 0 Å². The van der Waals surface area contributed by atoms with Gasteiger partial charge in [0.25, 0.3) is 0 Å². The maximum atomic E-state index is 12.7. The molecule has 1 aliphatic rings. The summed E-state index contributed by atoms with van der Waals surface area (Å²) in [7, 11) is 0. The Bertz CT molecular complexity index is 680. The van der Waals surface area contributed by atoms with E-state index in [4.69, 9.17) is 4.74 Å². The number of morpholine rings is 1. The first kappa shape index (κ1) is 24.1. The summed E-state index contributed by atoms with van der Waals surface area (Å²) >= 11 is 0. The van der Waals surface area contributed by atoms with Crippen molar-refractivity contribution in [1.29, 1.82) is 0 Å². The van der Waals surface area contributed by atoms with Crippen molar-refractivity contribution in [3.05, 3.63) is 18.0 Å². The van der Waals surface area contributed by atoms with Crippen molar-refractivity contribution in [2.24, 2.45) is 4.99 Å². The Morgan fingerprint density at radius 3 is 2.67 bits per heavy atom. The van der Waals surface area contributed by atoms with Crippen LogP contribution in [-0.2, 0) is 10.9 Å². The van der Waals surface area contributed by atoms with E-state index in [2.05, 4.69) is 35.8 Å². The first-order chi connectivity index (χ1) is 14.2. The highest BCUT2D eigenvalue weighted by Gasteiger charge is 2.32. The molecule has 0 aromatic carbocycles. The Morgan fingerprint density at radius 2 is 2.00 bits per heavy atom. The summed E-state index contributed by atoms with van der Waals surface area (Å²) in [6, 6.07) is 0.822. The van der Waals surface area contributed by atoms with Crippen LogP contribution in [0.25, 0.3) is 0 Å². The molecule has 0 amide bonds. The molecule has 9 nitrogen and oxygen atoms in total. The van der Waals surface area contributed by atoms with Gasteiger partial charge in [-0.05, 0) is 19.9 Å². The maximum Gasteiger partial charge on any atom is 0.433 e. The number of halogens is 3. The molecule has 170 valence electrons. The molecule has 0 aliphatic carbocycles. The molecule has 2 heterocycles. The smallest absolute Gasteiger partial charge is 0.387 e. The molecule has 1 atom stereocenters. The minimum absolute atomic E-state index is 0.0954. The first-order valence-electron chi connectivity index (χ1n) is 9.88. The van der Waals surface area contributed by atoms with Crippen LogP contribution in [-0.4, -0.2) is 90.6 Å². The zero-order valence-electron chi connectivity index (χ0n) is 17.3. The van der Waals surface area contributed by atoms with Gasteiger partial charge in [0, 0.05) is 45.5 Å². The lowest BCUT2D eigenvalue weighted by Crippen LogP contribution is -2.48. The highest BCUT2D eigenvalue weighted by atomic mass is 19.4. The molecular weight excluding hydrogens is 403 g/mol. The maximum absolute atomic E-state index is 12.7. The molecule has 2 rings (SSSR count). The van der Waals surface area contributed by atoms with Crippen molar-refractivity contribution in [2.45, 2.75) is 25.6 Å². The highest BCUT2D eigenvalue weighted by Crippen LogP contribution is 2.27. The number of anilines is 1. The molecule has 1 unspecified atom stereocenters. The molecule has 30 heavy (non-hydrogen) atoms. The minimum Gasteiger partial charge on any atom is -0.387 e. The second-order valence-electron chi connectivity index (χ2n) is 7.20. The van der Waals surface area contributed by atoms with Gasteiger partial charge in [0.2, 0.25) is 5.95 Å². The van der Waals surface area contributed by atoms with Crippen LogP contribution in [0.15, 0.2) is 17.3 Å². The van der Waals surface area contributed by atoms with Crippen molar-refractivity contribution in [3.63, 3.8) is 0 Å². The van der Waals surface area contributed by atoms with Crippen LogP contribution in [0.4, 0.5) is 19.1 Å². The minimum atomic E-state index is -4.51. The summed E-state index contributed by atoms with van der Waals surface area (Å²) in [6.07, 6.45) is -3.45. The average molecular weight is 433 g/mol. The summed E-state index contributed by atoms with van der Waals surface area (Å²) < 4.78 is 43.4. The van der Waals surface area contributed by atoms with E-state index in [-0.39, 0.29) is 19.0 Å². The standard InChI is InChI=1S/C18H30F3N7O2/c1-3-22-15(26-12-17(2,29)13-28-8-10-30-11-9-28)24-6-7-25-16-23-5-4-14(27-16)18(19,20)21/h4-5,29H,3,6-13H2,1-2H3,(H2,22,24,26)(H,23,25,27). The van der Waals surface area contributed by atoms with Gasteiger partial charge < -0.3 is 25.8 Å². The van der Waals surface area contributed by atoms with Gasteiger partial charge in [-0.2, -0.15) is 13.2 Å². The number of aliphatic hydroxyl groups is 1. The lowest BCUT2D eigenvalue weighted by molar-refractivity contribution is -0.141. The Labute approximate surface area is 174 Å². The molecule has 12 heteroatoms. The summed E-state index contributed by atoms with van der Waals surface area (Å²) in [6.45, 7) is 8.51. The fourth-order valence-electron chi connectivity index (χ4n) is 2.84. The number of hydrogen-bond acceptors (Lipinski definition) is 7. The average Bonchev–Trinajstić information content (AvgIpc) is 2.69. The molecule has 1 aromatic heterocycles. The Morgan fingerprint density at radius 1 is 1.27 bits per heavy atom. The van der Waals surface area contributed by atoms with E-state index in [1.807, 2.05) is 6.92 Å². The molecule has 0 spiro atoms. The van der Waals surface area contributed by atoms with Crippen LogP contribution in [0.3, 0.4) is 0 Å². The van der Waals surface area contributed by atoms with Crippen molar-refractivity contribution < 1.29 is 23.0 Å². The number of nitrogens with one attached hydrogen (secondary N) is 3. The summed E-state index contributed by atoms with van der Waals surface area (Å²) in [5.74, 6) is 0.411. The third kappa shape index (κ3) is 8.67. The molecule has 1 saturated heterocycles. The van der Waals surface area contributed by atoms with Crippen molar-refractivity contribution in [2.75, 3.05) is 64.3 Å². The van der Waals surface area contributed by atoms with Crippen LogP contribution < -0.4 is 16.0 Å². The SMILES string of the molecule is CCNC(=NCC(C)(O)CN1CCOCC1)NCCNc1nccc(C(F)(F)F)n1. The van der Waals surface area contributed by atoms with Crippen molar-refractivity contribution in [1.82, 2.24) is 25.5 Å². The molecule has 4 N–H and O–H groups in total. The topological polar surface area (TPSA) is 107 Å². The van der Waals surface area contributed by atoms with Crippen LogP contribution in [0.1, 0.15) is 19.5 Å². The predicted molar refractivity (Wildman–Crippen MR) is 107 cm³/mol. The highest BCUT2D eigenvalue weighted by molar-refractivity contribution is 5.79. The van der Waals surface area contributed by atoms with E-state index in [0.717, 1.165) is 25.4 Å². The van der Waals surface area contributed by atoms with Crippen molar-refractivity contribution >= 4 is 11.9 Å². The Balaban J connectivity index is 1.80. The van der Waals surface area contributed by atoms with E-state index < -0.39 is 17.5 Å². The monoisotopic (exact) mass is 433 g/mol. The number of aromatic nitrogens is 2. The molecular formula is C18H30F3N7O2. The number of aliphatic imine (C=N–C) groups is 1. The summed E-state index contributed by atoms with van der Waals surface area (Å²) in [5.41, 5.74) is -1.99. The van der Waals surface area contributed by atoms with E-state index in [9.17, 15) is 18.3 Å². The van der Waals surface area contributed by atoms with Gasteiger partial charge in [0.15, 0.2) is 5.96 Å². The number of guanidine groups is 1. The summed E-state index contributed by atoms with van der Waals surface area (Å²) in [5, 5.41) is 19.5. The Kier molecular flexibility index (Phi) is 9.06. The van der Waals surface area contributed by atoms with Gasteiger partial charge in [-0.3, -0.25) is 9.89 Å². The third-order valence-electron chi connectivity index (χ3n) is 4.24. The lowest BCUT2D eigenvalue weighted by atomic mass is 10.1. The fraction of sp³-hybridized carbons (Fsp3) is 0.722. The second-order valence-corrected chi connectivity index (χ2v) is 7.20. The lowest BCUT2D eigenvalue weighted by Gasteiger charge is -2.33. The molecule has 1 fully saturated rings. The fourth-order valence-corrected chi connectivity index (χ4v) is 2.84. The largest absolute Gasteiger partial charge is 0.433 e. The van der Waals surface area contributed by atoms with E-state index in [1.165, 1.54) is 0 Å². The van der Waals surface area contributed by atoms with Gasteiger partial charge in [-0.25, -0.2) is 9.97 Å². The zero-order valence-corrected chi connectivity index (χ0v) is 17.3. The third-order valence-corrected chi connectivity index (χ3v) is 4.24. The number of ether oxygens (including phenoxy) is 1. The van der Waals surface area contributed by atoms with Crippen molar-refractivity contribution in [3.8, 4) is 0 Å². The molecule has 0 radical (unpaired) electrons. The van der Waals surface area contributed by atoms with Crippen LogP contribution >= 0.6 is 0 Å². The van der Waals surface area contributed by atoms with Gasteiger partial charge >= 0.3 is 6.18 Å². The van der Waals surface area contributed by atoms with Gasteiger partial charge in [0.1, 0.15) is 5.69 Å². The molecule has 1 aromatic rings. The normalized spacial score (nSPS) is 18.0. The molecule has 1 aliphatic heterocycles. The van der Waals surface area contributed by atoms with E-state index in [1.54, 1.807) is 6.92 Å². The quantitative estimate of drug-likeness (QED) is 0.254. The second kappa shape index (κ2) is 11.3. The van der Waals surface area contributed by atoms with E-state index >= 15 is 0 Å². The number of alkyl halides is 3. The molecule has 0 saturated carbocycles. The van der Waals surface area contributed by atoms with E-state index in [0.29, 0.717) is 38.8 Å². The summed E-state index contributed by atoms with van der Waals surface area (Å²) in [4.78, 5) is 13.8. The number of rotatable bonds is 9. The predicted octanol–water partition coefficient (Wildman–Crippen LogP) is 0.546. The number of β-amino-alcohol motifs (C(OH)–C–C–N with tert-alkyl or cyclic N) is 1. The van der Waals surface area contributed by atoms with Gasteiger partial charge in [-0.1, -0.05) is 0 Å². The van der Waals surface area contributed by atoms with Crippen LogP contribution in [0.2, 0.25) is 0 Å². The zero-order chi connectivity index (χ0) is 22.0. The Hall–Kier alpha value is -2.18. The van der Waals surface area contributed by atoms with Gasteiger partial charge in [-0.15, -0.1) is 0 Å². The number of hydrogen-bond donors (Lipinski definition) is 4. The first-order valence-corrected chi connectivity index (χ1v) is 9.88. The molecule has 0 bridgehead atoms.